The van der Waals surface area contributed by atoms with Crippen molar-refractivity contribution in [1.29, 1.82) is 0 Å². The molecule has 0 aliphatic rings. The minimum absolute atomic E-state index is 0.221. The van der Waals surface area contributed by atoms with E-state index in [0.29, 0.717) is 0 Å². The molecule has 2 atom stereocenters. The van der Waals surface area contributed by atoms with Gasteiger partial charge in [-0.15, -0.1) is 0 Å². The highest BCUT2D eigenvalue weighted by atomic mass is 15.4. The molecule has 18 heavy (non-hydrogen) atoms. The summed E-state index contributed by atoms with van der Waals surface area (Å²) in [5.41, 5.74) is 1.26. The first-order valence-corrected chi connectivity index (χ1v) is 6.25. The number of benzene rings is 1. The first-order chi connectivity index (χ1) is 8.63. The zero-order valence-corrected chi connectivity index (χ0v) is 11.4. The minimum atomic E-state index is 0.221. The van der Waals surface area contributed by atoms with Gasteiger partial charge in [-0.2, -0.15) is 5.10 Å². The van der Waals surface area contributed by atoms with Crippen molar-refractivity contribution in [2.75, 3.05) is 7.05 Å². The molecule has 0 saturated carbocycles. The van der Waals surface area contributed by atoms with Crippen LogP contribution in [0.5, 0.6) is 0 Å². The van der Waals surface area contributed by atoms with E-state index in [-0.39, 0.29) is 12.1 Å². The Balaban J connectivity index is 2.31. The molecule has 4 heteroatoms. The van der Waals surface area contributed by atoms with Crippen molar-refractivity contribution in [3.05, 3.63) is 47.5 Å². The lowest BCUT2D eigenvalue weighted by molar-refractivity contribution is 0.364. The fourth-order valence-electron chi connectivity index (χ4n) is 2.41. The number of aromatic nitrogens is 3. The van der Waals surface area contributed by atoms with Crippen molar-refractivity contribution in [1.82, 2.24) is 20.1 Å². The van der Waals surface area contributed by atoms with Crippen molar-refractivity contribution in [2.45, 2.75) is 32.9 Å². The molecule has 2 rings (SSSR count). The number of aryl methyl sites for hydroxylation is 2. The van der Waals surface area contributed by atoms with Crippen LogP contribution in [0, 0.1) is 13.8 Å². The lowest BCUT2D eigenvalue weighted by Gasteiger charge is -2.24. The molecule has 0 bridgehead atoms. The van der Waals surface area contributed by atoms with Gasteiger partial charge in [0.2, 0.25) is 0 Å². The van der Waals surface area contributed by atoms with Gasteiger partial charge in [-0.3, -0.25) is 0 Å². The number of nitrogens with one attached hydrogen (secondary N) is 1. The van der Waals surface area contributed by atoms with E-state index >= 15 is 0 Å². The standard InChI is InChI=1S/C14H20N4/c1-10(18-12(3)16-11(2)17-18)14(15-4)13-8-6-5-7-9-13/h5-10,14-15H,1-4H3. The summed E-state index contributed by atoms with van der Waals surface area (Å²) in [5, 5.41) is 7.83. The maximum Gasteiger partial charge on any atom is 0.147 e. The second kappa shape index (κ2) is 5.31. The van der Waals surface area contributed by atoms with Gasteiger partial charge in [-0.25, -0.2) is 9.67 Å². The van der Waals surface area contributed by atoms with E-state index in [4.69, 9.17) is 0 Å². The number of hydrogen-bond acceptors (Lipinski definition) is 3. The highest BCUT2D eigenvalue weighted by molar-refractivity contribution is 5.20. The van der Waals surface area contributed by atoms with Gasteiger partial charge in [0.25, 0.3) is 0 Å². The van der Waals surface area contributed by atoms with Crippen molar-refractivity contribution < 1.29 is 0 Å². The maximum atomic E-state index is 4.47. The first kappa shape index (κ1) is 12.8. The van der Waals surface area contributed by atoms with Crippen LogP contribution in [0.4, 0.5) is 0 Å². The zero-order valence-electron chi connectivity index (χ0n) is 11.4. The molecule has 2 aromatic rings. The molecular weight excluding hydrogens is 224 g/mol. The Morgan fingerprint density at radius 3 is 2.33 bits per heavy atom. The molecule has 0 radical (unpaired) electrons. The number of nitrogens with zero attached hydrogens (tertiary/aromatic N) is 3. The van der Waals surface area contributed by atoms with E-state index in [9.17, 15) is 0 Å². The molecule has 1 N–H and O–H groups in total. The van der Waals surface area contributed by atoms with Gasteiger partial charge in [-0.1, -0.05) is 30.3 Å². The molecule has 0 amide bonds. The zero-order chi connectivity index (χ0) is 13.1. The molecule has 0 fully saturated rings. The third kappa shape index (κ3) is 2.43. The summed E-state index contributed by atoms with van der Waals surface area (Å²) in [4.78, 5) is 4.37. The van der Waals surface area contributed by atoms with E-state index in [1.54, 1.807) is 0 Å². The van der Waals surface area contributed by atoms with Gasteiger partial charge >= 0.3 is 0 Å². The van der Waals surface area contributed by atoms with Crippen LogP contribution in [0.2, 0.25) is 0 Å². The summed E-state index contributed by atoms with van der Waals surface area (Å²) in [5.74, 6) is 1.78. The van der Waals surface area contributed by atoms with Crippen LogP contribution in [-0.2, 0) is 0 Å². The molecule has 2 unspecified atom stereocenters. The molecule has 4 nitrogen and oxygen atoms in total. The van der Waals surface area contributed by atoms with Crippen LogP contribution < -0.4 is 5.32 Å². The summed E-state index contributed by atoms with van der Waals surface area (Å²) >= 11 is 0. The maximum absolute atomic E-state index is 4.47. The smallest absolute Gasteiger partial charge is 0.147 e. The minimum Gasteiger partial charge on any atom is -0.311 e. The van der Waals surface area contributed by atoms with Crippen molar-refractivity contribution in [3.8, 4) is 0 Å². The number of hydrogen-bond donors (Lipinski definition) is 1. The second-order valence-electron chi connectivity index (χ2n) is 4.57. The fourth-order valence-corrected chi connectivity index (χ4v) is 2.41. The van der Waals surface area contributed by atoms with Gasteiger partial charge in [0.05, 0.1) is 12.1 Å². The summed E-state index contributed by atoms with van der Waals surface area (Å²) in [7, 11) is 1.98. The molecule has 0 saturated heterocycles. The summed E-state index contributed by atoms with van der Waals surface area (Å²) in [6.07, 6.45) is 0. The average molecular weight is 244 g/mol. The van der Waals surface area contributed by atoms with Crippen molar-refractivity contribution in [2.24, 2.45) is 0 Å². The van der Waals surface area contributed by atoms with Gasteiger partial charge in [-0.05, 0) is 33.4 Å². The van der Waals surface area contributed by atoms with Gasteiger partial charge in [0, 0.05) is 0 Å². The predicted molar refractivity (Wildman–Crippen MR) is 72.4 cm³/mol. The van der Waals surface area contributed by atoms with Crippen LogP contribution in [0.15, 0.2) is 30.3 Å². The molecular formula is C14H20N4. The molecule has 0 aliphatic heterocycles. The number of rotatable bonds is 4. The van der Waals surface area contributed by atoms with Gasteiger partial charge in [0.1, 0.15) is 11.6 Å². The third-order valence-corrected chi connectivity index (χ3v) is 3.25. The molecule has 1 aromatic heterocycles. The van der Waals surface area contributed by atoms with Gasteiger partial charge < -0.3 is 5.32 Å². The fraction of sp³-hybridized carbons (Fsp3) is 0.429. The van der Waals surface area contributed by atoms with Crippen molar-refractivity contribution in [3.63, 3.8) is 0 Å². The number of likely N-dealkylation sites (N-methyl/N-ethyl adjacent to an activating group) is 1. The molecule has 0 aliphatic carbocycles. The summed E-state index contributed by atoms with van der Waals surface area (Å²) in [6, 6.07) is 10.9. The average Bonchev–Trinajstić information content (AvgIpc) is 2.70. The highest BCUT2D eigenvalue weighted by Crippen LogP contribution is 2.25. The third-order valence-electron chi connectivity index (χ3n) is 3.25. The largest absolute Gasteiger partial charge is 0.311 e. The van der Waals surface area contributed by atoms with E-state index in [0.717, 1.165) is 11.6 Å². The van der Waals surface area contributed by atoms with E-state index in [2.05, 4.69) is 46.6 Å². The lowest BCUT2D eigenvalue weighted by atomic mass is 10.0. The van der Waals surface area contributed by atoms with Crippen LogP contribution >= 0.6 is 0 Å². The van der Waals surface area contributed by atoms with Gasteiger partial charge in [0.15, 0.2) is 0 Å². The first-order valence-electron chi connectivity index (χ1n) is 6.25. The van der Waals surface area contributed by atoms with Crippen LogP contribution in [-0.4, -0.2) is 21.8 Å². The molecule has 1 heterocycles. The van der Waals surface area contributed by atoms with E-state index in [1.807, 2.05) is 31.6 Å². The second-order valence-corrected chi connectivity index (χ2v) is 4.57. The predicted octanol–water partition coefficient (Wildman–Crippen LogP) is 2.42. The quantitative estimate of drug-likeness (QED) is 0.898. The Labute approximate surface area is 108 Å². The lowest BCUT2D eigenvalue weighted by Crippen LogP contribution is -2.27. The Bertz CT molecular complexity index is 504. The topological polar surface area (TPSA) is 42.7 Å². The Morgan fingerprint density at radius 1 is 1.17 bits per heavy atom. The van der Waals surface area contributed by atoms with Crippen LogP contribution in [0.25, 0.3) is 0 Å². The highest BCUT2D eigenvalue weighted by Gasteiger charge is 2.21. The summed E-state index contributed by atoms with van der Waals surface area (Å²) < 4.78 is 1.99. The van der Waals surface area contributed by atoms with E-state index < -0.39 is 0 Å². The van der Waals surface area contributed by atoms with Crippen LogP contribution in [0.1, 0.15) is 36.2 Å². The Hall–Kier alpha value is -1.68. The normalized spacial score (nSPS) is 14.4. The monoisotopic (exact) mass is 244 g/mol. The Morgan fingerprint density at radius 2 is 1.83 bits per heavy atom. The molecule has 0 spiro atoms. The molecule has 1 aromatic carbocycles. The summed E-state index contributed by atoms with van der Waals surface area (Å²) in [6.45, 7) is 6.08. The van der Waals surface area contributed by atoms with Crippen molar-refractivity contribution >= 4 is 0 Å². The van der Waals surface area contributed by atoms with Crippen LogP contribution in [0.3, 0.4) is 0 Å². The SMILES string of the molecule is CNC(c1ccccc1)C(C)n1nc(C)nc1C. The molecule has 96 valence electrons. The van der Waals surface area contributed by atoms with E-state index in [1.165, 1.54) is 5.56 Å². The Kier molecular flexibility index (Phi) is 3.77.